The summed E-state index contributed by atoms with van der Waals surface area (Å²) in [6, 6.07) is 7.99. The number of hydrogen-bond acceptors (Lipinski definition) is 7. The summed E-state index contributed by atoms with van der Waals surface area (Å²) in [6.07, 6.45) is 0.652. The zero-order valence-corrected chi connectivity index (χ0v) is 19.2. The van der Waals surface area contributed by atoms with Crippen LogP contribution in [0.2, 0.25) is 5.02 Å². The number of nitrogens with zero attached hydrogens (tertiary/aromatic N) is 4. The van der Waals surface area contributed by atoms with Crippen LogP contribution in [-0.2, 0) is 21.1 Å². The number of carbonyl (C=O) groups is 1. The molecule has 1 aromatic heterocycles. The first-order valence-electron chi connectivity index (χ1n) is 10.5. The maximum atomic E-state index is 12.7. The van der Waals surface area contributed by atoms with Crippen molar-refractivity contribution >= 4 is 33.4 Å². The van der Waals surface area contributed by atoms with Crippen molar-refractivity contribution in [2.45, 2.75) is 12.8 Å². The highest BCUT2D eigenvalue weighted by atomic mass is 35.5. The lowest BCUT2D eigenvalue weighted by molar-refractivity contribution is -0.130. The second kappa shape index (κ2) is 9.18. The fraction of sp³-hybridized carbons (Fsp3) is 0.524. The number of oxazole rings is 1. The second-order valence-corrected chi connectivity index (χ2v) is 10.8. The summed E-state index contributed by atoms with van der Waals surface area (Å²) < 4.78 is 29.4. The van der Waals surface area contributed by atoms with E-state index in [1.165, 1.54) is 0 Å². The zero-order chi connectivity index (χ0) is 22.0. The smallest absolute Gasteiger partial charge is 0.298 e. The highest BCUT2D eigenvalue weighted by Crippen LogP contribution is 2.30. The number of likely N-dealkylation sites (N-methyl/N-ethyl adjacent to an activating group) is 1. The topological polar surface area (TPSA) is 87.0 Å². The number of anilines is 1. The minimum atomic E-state index is -3.02. The molecule has 2 aliphatic heterocycles. The minimum absolute atomic E-state index is 0.0324. The number of benzene rings is 1. The molecular weight excluding hydrogens is 440 g/mol. The van der Waals surface area contributed by atoms with Crippen molar-refractivity contribution in [2.24, 2.45) is 0 Å². The van der Waals surface area contributed by atoms with Crippen molar-refractivity contribution in [3.8, 4) is 11.3 Å². The van der Waals surface area contributed by atoms with Gasteiger partial charge in [-0.05, 0) is 19.2 Å². The highest BCUT2D eigenvalue weighted by molar-refractivity contribution is 7.91. The van der Waals surface area contributed by atoms with Crippen LogP contribution in [0.1, 0.15) is 12.2 Å². The number of rotatable bonds is 5. The van der Waals surface area contributed by atoms with Crippen molar-refractivity contribution in [2.75, 3.05) is 62.7 Å². The Balaban J connectivity index is 1.51. The molecule has 0 unspecified atom stereocenters. The molecule has 0 saturated carbocycles. The Bertz CT molecular complexity index is 1020. The van der Waals surface area contributed by atoms with Crippen LogP contribution in [0.25, 0.3) is 11.3 Å². The number of sulfone groups is 1. The normalized spacial score (nSPS) is 19.5. The lowest BCUT2D eigenvalue weighted by Crippen LogP contribution is -2.44. The molecule has 2 aromatic rings. The van der Waals surface area contributed by atoms with Gasteiger partial charge < -0.3 is 19.1 Å². The largest absolute Gasteiger partial charge is 0.428 e. The minimum Gasteiger partial charge on any atom is -0.428 e. The third-order valence-electron chi connectivity index (χ3n) is 5.84. The molecule has 0 aliphatic carbocycles. The van der Waals surface area contributed by atoms with E-state index < -0.39 is 9.84 Å². The summed E-state index contributed by atoms with van der Waals surface area (Å²) in [4.78, 5) is 23.4. The summed E-state index contributed by atoms with van der Waals surface area (Å²) >= 11 is 6.04. The highest BCUT2D eigenvalue weighted by Gasteiger charge is 2.26. The van der Waals surface area contributed by atoms with Gasteiger partial charge in [-0.25, -0.2) is 8.42 Å². The summed E-state index contributed by atoms with van der Waals surface area (Å²) in [6.45, 7) is 4.05. The number of aryl methyl sites for hydroxylation is 1. The standard InChI is InChI=1S/C21H27ClN4O4S/c1-24-8-10-26(11-9-24)21-23-20(16-2-4-17(22)5-3-16)18(30-21)6-7-19(27)25-12-14-31(28,29)15-13-25/h2-5H,6-15H2,1H3. The van der Waals surface area contributed by atoms with Crippen LogP contribution in [-0.4, -0.2) is 86.9 Å². The molecule has 2 fully saturated rings. The van der Waals surface area contributed by atoms with Gasteiger partial charge in [0.2, 0.25) is 5.91 Å². The van der Waals surface area contributed by atoms with Gasteiger partial charge in [0.1, 0.15) is 11.5 Å². The van der Waals surface area contributed by atoms with E-state index in [2.05, 4.69) is 16.8 Å². The SMILES string of the molecule is CN1CCN(c2nc(-c3ccc(Cl)cc3)c(CCC(=O)N3CCS(=O)(=O)CC3)o2)CC1. The Morgan fingerprint density at radius 2 is 1.71 bits per heavy atom. The molecule has 0 radical (unpaired) electrons. The second-order valence-electron chi connectivity index (χ2n) is 8.10. The van der Waals surface area contributed by atoms with E-state index in [0.29, 0.717) is 23.2 Å². The molecule has 10 heteroatoms. The molecule has 0 spiro atoms. The molecule has 3 heterocycles. The number of aromatic nitrogens is 1. The molecule has 0 bridgehead atoms. The fourth-order valence-electron chi connectivity index (χ4n) is 3.82. The van der Waals surface area contributed by atoms with Crippen LogP contribution in [0.4, 0.5) is 6.01 Å². The van der Waals surface area contributed by atoms with Crippen LogP contribution in [0, 0.1) is 0 Å². The predicted octanol–water partition coefficient (Wildman–Crippen LogP) is 1.94. The quantitative estimate of drug-likeness (QED) is 0.665. The van der Waals surface area contributed by atoms with Gasteiger partial charge in [-0.1, -0.05) is 23.7 Å². The van der Waals surface area contributed by atoms with E-state index in [1.807, 2.05) is 24.3 Å². The van der Waals surface area contributed by atoms with Crippen LogP contribution in [0.15, 0.2) is 28.7 Å². The maximum Gasteiger partial charge on any atom is 0.298 e. The number of halogens is 1. The third-order valence-corrected chi connectivity index (χ3v) is 7.70. The van der Waals surface area contributed by atoms with E-state index in [-0.39, 0.29) is 36.9 Å². The van der Waals surface area contributed by atoms with Gasteiger partial charge in [0.05, 0.1) is 11.5 Å². The Morgan fingerprint density at radius 1 is 1.06 bits per heavy atom. The molecule has 4 rings (SSSR count). The molecule has 2 saturated heterocycles. The van der Waals surface area contributed by atoms with Crippen molar-refractivity contribution in [3.05, 3.63) is 35.0 Å². The first kappa shape index (κ1) is 22.1. The molecule has 0 N–H and O–H groups in total. The molecule has 31 heavy (non-hydrogen) atoms. The lowest BCUT2D eigenvalue weighted by atomic mass is 10.1. The molecular formula is C21H27ClN4O4S. The van der Waals surface area contributed by atoms with Gasteiger partial charge in [0.15, 0.2) is 9.84 Å². The van der Waals surface area contributed by atoms with Crippen molar-refractivity contribution in [3.63, 3.8) is 0 Å². The van der Waals surface area contributed by atoms with Crippen LogP contribution < -0.4 is 4.90 Å². The Labute approximate surface area is 187 Å². The zero-order valence-electron chi connectivity index (χ0n) is 17.6. The van der Waals surface area contributed by atoms with Crippen LogP contribution >= 0.6 is 11.6 Å². The number of amides is 1. The average molecular weight is 467 g/mol. The van der Waals surface area contributed by atoms with Gasteiger partial charge in [-0.3, -0.25) is 4.79 Å². The summed E-state index contributed by atoms with van der Waals surface area (Å²) in [5, 5.41) is 0.642. The van der Waals surface area contributed by atoms with Crippen LogP contribution in [0.3, 0.4) is 0 Å². The number of hydrogen-bond donors (Lipinski definition) is 0. The van der Waals surface area contributed by atoms with Crippen molar-refractivity contribution in [1.29, 1.82) is 0 Å². The number of piperazine rings is 1. The van der Waals surface area contributed by atoms with E-state index in [4.69, 9.17) is 21.0 Å². The summed E-state index contributed by atoms with van der Waals surface area (Å²) in [5.74, 6) is 0.665. The Morgan fingerprint density at radius 3 is 2.35 bits per heavy atom. The average Bonchev–Trinajstić information content (AvgIpc) is 3.17. The lowest BCUT2D eigenvalue weighted by Gasteiger charge is -2.31. The molecule has 0 atom stereocenters. The van der Waals surface area contributed by atoms with E-state index in [0.717, 1.165) is 37.4 Å². The summed E-state index contributed by atoms with van der Waals surface area (Å²) in [7, 11) is -0.926. The molecule has 168 valence electrons. The maximum absolute atomic E-state index is 12.7. The Hall–Kier alpha value is -2.10. The molecule has 1 aromatic carbocycles. The van der Waals surface area contributed by atoms with Crippen molar-refractivity contribution < 1.29 is 17.6 Å². The van der Waals surface area contributed by atoms with Gasteiger partial charge in [0, 0.05) is 62.7 Å². The predicted molar refractivity (Wildman–Crippen MR) is 120 cm³/mol. The van der Waals surface area contributed by atoms with E-state index in [1.54, 1.807) is 4.90 Å². The first-order valence-corrected chi connectivity index (χ1v) is 12.7. The Kier molecular flexibility index (Phi) is 6.55. The third kappa shape index (κ3) is 5.39. The molecule has 8 nitrogen and oxygen atoms in total. The van der Waals surface area contributed by atoms with E-state index >= 15 is 0 Å². The van der Waals surface area contributed by atoms with Gasteiger partial charge in [0.25, 0.3) is 6.01 Å². The van der Waals surface area contributed by atoms with Crippen LogP contribution in [0.5, 0.6) is 0 Å². The first-order chi connectivity index (χ1) is 14.8. The van der Waals surface area contributed by atoms with Crippen molar-refractivity contribution in [1.82, 2.24) is 14.8 Å². The van der Waals surface area contributed by atoms with E-state index in [9.17, 15) is 13.2 Å². The summed E-state index contributed by atoms with van der Waals surface area (Å²) in [5.41, 5.74) is 1.61. The molecule has 2 aliphatic rings. The molecule has 1 amide bonds. The fourth-order valence-corrected chi connectivity index (χ4v) is 5.14. The monoisotopic (exact) mass is 466 g/mol. The van der Waals surface area contributed by atoms with Gasteiger partial charge in [-0.2, -0.15) is 4.98 Å². The van der Waals surface area contributed by atoms with Gasteiger partial charge in [-0.15, -0.1) is 0 Å². The van der Waals surface area contributed by atoms with Gasteiger partial charge >= 0.3 is 0 Å². The number of carbonyl (C=O) groups excluding carboxylic acids is 1.